The molecule has 2 aromatic rings. The largest absolute Gasteiger partial charge is 0.467 e. The Labute approximate surface area is 204 Å². The summed E-state index contributed by atoms with van der Waals surface area (Å²) in [6.45, 7) is 7.42. The molecule has 4 rings (SSSR count). The number of ether oxygens (including phenoxy) is 1. The first kappa shape index (κ1) is 24.6. The molecule has 2 amide bonds. The van der Waals surface area contributed by atoms with E-state index in [2.05, 4.69) is 20.5 Å². The van der Waals surface area contributed by atoms with E-state index in [4.69, 9.17) is 4.74 Å². The molecule has 184 valence electrons. The fraction of sp³-hybridized carbons (Fsp3) is 0.560. The molecule has 0 unspecified atom stereocenters. The Balaban J connectivity index is 1.16. The Morgan fingerprint density at radius 1 is 1.29 bits per heavy atom. The number of nitrogens with one attached hydrogen (secondary N) is 2. The molecule has 34 heavy (non-hydrogen) atoms. The van der Waals surface area contributed by atoms with Crippen LogP contribution in [0.5, 0.6) is 5.19 Å². The summed E-state index contributed by atoms with van der Waals surface area (Å²) in [5.74, 6) is -0.416. The van der Waals surface area contributed by atoms with E-state index in [0.717, 1.165) is 36.4 Å². The van der Waals surface area contributed by atoms with E-state index in [0.29, 0.717) is 29.6 Å². The number of hydrogen-bond donors (Lipinski definition) is 3. The quantitative estimate of drug-likeness (QED) is 0.530. The summed E-state index contributed by atoms with van der Waals surface area (Å²) in [7, 11) is 0. The molecule has 0 radical (unpaired) electrons. The van der Waals surface area contributed by atoms with Crippen LogP contribution in [0.1, 0.15) is 60.3 Å². The van der Waals surface area contributed by atoms with Crippen LogP contribution in [0.2, 0.25) is 0 Å². The minimum atomic E-state index is -0.833. The molecule has 1 saturated heterocycles. The number of hydrogen-bond acceptors (Lipinski definition) is 7. The highest BCUT2D eigenvalue weighted by atomic mass is 32.1. The van der Waals surface area contributed by atoms with Crippen molar-refractivity contribution >= 4 is 23.2 Å². The van der Waals surface area contributed by atoms with Crippen molar-refractivity contribution in [2.75, 3.05) is 19.6 Å². The van der Waals surface area contributed by atoms with Gasteiger partial charge in [-0.2, -0.15) is 0 Å². The maximum Gasteiger partial charge on any atom is 0.273 e. The molecule has 2 fully saturated rings. The van der Waals surface area contributed by atoms with Crippen molar-refractivity contribution in [3.63, 3.8) is 0 Å². The third kappa shape index (κ3) is 5.95. The molecule has 1 saturated carbocycles. The normalized spacial score (nSPS) is 23.4. The predicted octanol–water partition coefficient (Wildman–Crippen LogP) is 2.60. The smallest absolute Gasteiger partial charge is 0.273 e. The Morgan fingerprint density at radius 2 is 2.03 bits per heavy atom. The molecule has 1 aromatic carbocycles. The van der Waals surface area contributed by atoms with E-state index in [1.165, 1.54) is 11.3 Å². The van der Waals surface area contributed by atoms with Crippen LogP contribution in [0.15, 0.2) is 30.5 Å². The highest BCUT2D eigenvalue weighted by Crippen LogP contribution is 2.42. The van der Waals surface area contributed by atoms with Crippen molar-refractivity contribution in [2.45, 2.75) is 70.2 Å². The lowest BCUT2D eigenvalue weighted by Gasteiger charge is -2.48. The van der Waals surface area contributed by atoms with Crippen LogP contribution in [0.25, 0.3) is 0 Å². The highest BCUT2D eigenvalue weighted by Gasteiger charge is 2.41. The van der Waals surface area contributed by atoms with Gasteiger partial charge in [0.05, 0.1) is 23.6 Å². The summed E-state index contributed by atoms with van der Waals surface area (Å²) < 4.78 is 5.65. The summed E-state index contributed by atoms with van der Waals surface area (Å²) in [6.07, 6.45) is 5.01. The second kappa shape index (κ2) is 10.4. The topological polar surface area (TPSA) is 104 Å². The Hall–Kier alpha value is -2.49. The van der Waals surface area contributed by atoms with Gasteiger partial charge in [-0.1, -0.05) is 29.0 Å². The number of aliphatic hydroxyl groups is 1. The molecule has 8 nitrogen and oxygen atoms in total. The van der Waals surface area contributed by atoms with Crippen LogP contribution in [-0.4, -0.2) is 64.6 Å². The number of likely N-dealkylation sites (tertiary alicyclic amines) is 1. The zero-order valence-corrected chi connectivity index (χ0v) is 20.9. The summed E-state index contributed by atoms with van der Waals surface area (Å²) >= 11 is 1.43. The maximum atomic E-state index is 12.3. The van der Waals surface area contributed by atoms with Crippen molar-refractivity contribution in [3.05, 3.63) is 46.5 Å². The fourth-order valence-electron chi connectivity index (χ4n) is 4.65. The molecule has 2 heterocycles. The number of thiazole rings is 1. The van der Waals surface area contributed by atoms with Crippen molar-refractivity contribution in [1.82, 2.24) is 20.5 Å². The first-order chi connectivity index (χ1) is 16.2. The second-order valence-corrected chi connectivity index (χ2v) is 10.7. The van der Waals surface area contributed by atoms with E-state index in [-0.39, 0.29) is 30.5 Å². The highest BCUT2D eigenvalue weighted by molar-refractivity contribution is 7.13. The van der Waals surface area contributed by atoms with E-state index in [9.17, 15) is 14.7 Å². The average Bonchev–Trinajstić information content (AvgIpc) is 3.24. The van der Waals surface area contributed by atoms with Gasteiger partial charge < -0.3 is 20.5 Å². The minimum Gasteiger partial charge on any atom is -0.467 e. The van der Waals surface area contributed by atoms with E-state index in [1.807, 2.05) is 32.9 Å². The molecule has 9 heteroatoms. The van der Waals surface area contributed by atoms with Crippen molar-refractivity contribution < 1.29 is 19.4 Å². The number of aryl methyl sites for hydroxylation is 1. The zero-order chi connectivity index (χ0) is 24.3. The molecule has 1 aromatic heterocycles. The van der Waals surface area contributed by atoms with Crippen LogP contribution in [0, 0.1) is 6.92 Å². The Morgan fingerprint density at radius 3 is 2.71 bits per heavy atom. The van der Waals surface area contributed by atoms with Gasteiger partial charge in [-0.3, -0.25) is 14.5 Å². The van der Waals surface area contributed by atoms with Gasteiger partial charge in [0.15, 0.2) is 0 Å². The van der Waals surface area contributed by atoms with Crippen molar-refractivity contribution in [3.8, 4) is 5.19 Å². The van der Waals surface area contributed by atoms with Gasteiger partial charge in [-0.25, -0.2) is 4.98 Å². The monoisotopic (exact) mass is 486 g/mol. The number of aromatic nitrogens is 1. The number of rotatable bonds is 8. The molecule has 3 N–H and O–H groups in total. The summed E-state index contributed by atoms with van der Waals surface area (Å²) in [4.78, 5) is 32.0. The molecule has 0 bridgehead atoms. The van der Waals surface area contributed by atoms with Gasteiger partial charge in [-0.05, 0) is 58.6 Å². The van der Waals surface area contributed by atoms with Crippen LogP contribution >= 0.6 is 11.3 Å². The second-order valence-electron chi connectivity index (χ2n) is 9.69. The lowest BCUT2D eigenvalue weighted by Crippen LogP contribution is -2.63. The molecule has 0 spiro atoms. The van der Waals surface area contributed by atoms with Gasteiger partial charge in [0, 0.05) is 30.9 Å². The Bertz CT molecular complexity index is 1010. The molecule has 1 aliphatic carbocycles. The van der Waals surface area contributed by atoms with E-state index < -0.39 is 5.60 Å². The van der Waals surface area contributed by atoms with Crippen molar-refractivity contribution in [1.29, 1.82) is 0 Å². The number of carbonyl (C=O) groups is 2. The first-order valence-electron chi connectivity index (χ1n) is 12.0. The molecule has 0 atom stereocenters. The fourth-order valence-corrected chi connectivity index (χ4v) is 5.68. The lowest BCUT2D eigenvalue weighted by molar-refractivity contribution is -0.122. The third-order valence-corrected chi connectivity index (χ3v) is 7.62. The van der Waals surface area contributed by atoms with Gasteiger partial charge in [0.25, 0.3) is 11.1 Å². The van der Waals surface area contributed by atoms with Gasteiger partial charge in [0.1, 0.15) is 5.60 Å². The van der Waals surface area contributed by atoms with Crippen LogP contribution in [0.3, 0.4) is 0 Å². The zero-order valence-electron chi connectivity index (χ0n) is 20.0. The SMILES string of the molecule is Cc1cccc(C(=O)NCC(=O)NC2CN([C@H]3CC[C@@](O)(c4cnc(OC(C)C)s4)CC3)C2)c1. The molecular weight excluding hydrogens is 452 g/mol. The number of benzene rings is 1. The van der Waals surface area contributed by atoms with Crippen molar-refractivity contribution in [2.24, 2.45) is 0 Å². The average molecular weight is 487 g/mol. The number of carbonyl (C=O) groups excluding carboxylic acids is 2. The molecule has 1 aliphatic heterocycles. The lowest BCUT2D eigenvalue weighted by atomic mass is 9.80. The van der Waals surface area contributed by atoms with Crippen LogP contribution < -0.4 is 15.4 Å². The third-order valence-electron chi connectivity index (χ3n) is 6.54. The summed E-state index contributed by atoms with van der Waals surface area (Å²) in [6, 6.07) is 7.81. The summed E-state index contributed by atoms with van der Waals surface area (Å²) in [5, 5.41) is 17.4. The van der Waals surface area contributed by atoms with Crippen LogP contribution in [-0.2, 0) is 10.4 Å². The van der Waals surface area contributed by atoms with Crippen LogP contribution in [0.4, 0.5) is 0 Å². The van der Waals surface area contributed by atoms with Gasteiger partial charge in [-0.15, -0.1) is 0 Å². The van der Waals surface area contributed by atoms with Gasteiger partial charge in [0.2, 0.25) is 5.91 Å². The van der Waals surface area contributed by atoms with Gasteiger partial charge >= 0.3 is 0 Å². The summed E-state index contributed by atoms with van der Waals surface area (Å²) in [5.41, 5.74) is 0.729. The molecule has 2 aliphatic rings. The number of amides is 2. The molecular formula is C25H34N4O4S. The van der Waals surface area contributed by atoms with E-state index >= 15 is 0 Å². The predicted molar refractivity (Wildman–Crippen MR) is 131 cm³/mol. The maximum absolute atomic E-state index is 12.3. The minimum absolute atomic E-state index is 0.0307. The Kier molecular flexibility index (Phi) is 7.54. The van der Waals surface area contributed by atoms with E-state index in [1.54, 1.807) is 18.3 Å². The number of nitrogens with zero attached hydrogens (tertiary/aromatic N) is 2. The first-order valence-corrected chi connectivity index (χ1v) is 12.8. The standard InChI is InChI=1S/C25H34N4O4S/c1-16(2)33-24-27-12-21(34-24)25(32)9-7-20(8-10-25)29-14-19(15-29)28-22(30)13-26-23(31)18-6-4-5-17(3)11-18/h4-6,11-12,16,19-20,32H,7-10,13-15H2,1-3H3,(H,26,31)(H,28,30)/t20-,25-.